The minimum Gasteiger partial charge on any atom is -0.481 e. The summed E-state index contributed by atoms with van der Waals surface area (Å²) in [6, 6.07) is 40.6. The van der Waals surface area contributed by atoms with Crippen LogP contribution in [0.4, 0.5) is 0 Å². The Labute approximate surface area is 310 Å². The van der Waals surface area contributed by atoms with Crippen LogP contribution in [0.1, 0.15) is 87.8 Å². The van der Waals surface area contributed by atoms with Crippen molar-refractivity contribution >= 4 is 21.5 Å². The third kappa shape index (κ3) is 5.72. The van der Waals surface area contributed by atoms with E-state index in [1.807, 2.05) is 0 Å². The quantitative estimate of drug-likeness (QED) is 0.127. The molecule has 0 N–H and O–H groups in total. The third-order valence-corrected chi connectivity index (χ3v) is 11.7. The van der Waals surface area contributed by atoms with Gasteiger partial charge in [0.1, 0.15) is 24.7 Å². The smallest absolute Gasteiger partial charge is 0.148 e. The number of benzene rings is 6. The monoisotopic (exact) mass is 680 g/mol. The van der Waals surface area contributed by atoms with Gasteiger partial charge in [-0.2, -0.15) is 0 Å². The van der Waals surface area contributed by atoms with Gasteiger partial charge in [0.05, 0.1) is 5.41 Å². The fourth-order valence-electron chi connectivity index (χ4n) is 8.33. The highest BCUT2D eigenvalue weighted by molar-refractivity contribution is 5.94. The average molecular weight is 681 g/mol. The van der Waals surface area contributed by atoms with Gasteiger partial charge in [-0.05, 0) is 103 Å². The first-order valence-electron chi connectivity index (χ1n) is 18.6. The molecule has 52 heavy (non-hydrogen) atoms. The van der Waals surface area contributed by atoms with Crippen LogP contribution < -0.4 is 9.47 Å². The van der Waals surface area contributed by atoms with Crippen molar-refractivity contribution in [2.24, 2.45) is 5.41 Å². The van der Waals surface area contributed by atoms with Gasteiger partial charge >= 0.3 is 0 Å². The van der Waals surface area contributed by atoms with Gasteiger partial charge in [0.15, 0.2) is 0 Å². The number of hydrogen-bond acceptors (Lipinski definition) is 2. The lowest BCUT2D eigenvalue weighted by Gasteiger charge is -2.35. The Balaban J connectivity index is 1.52. The second kappa shape index (κ2) is 13.6. The molecular weight excluding hydrogens is 633 g/mol. The minimum atomic E-state index is -0.545. The van der Waals surface area contributed by atoms with Gasteiger partial charge < -0.3 is 9.47 Å². The zero-order valence-corrected chi connectivity index (χ0v) is 31.4. The second-order valence-corrected chi connectivity index (χ2v) is 15.6. The zero-order valence-electron chi connectivity index (χ0n) is 31.4. The number of fused-ring (bicyclic) bond motifs is 5. The molecule has 1 aliphatic carbocycles. The summed E-state index contributed by atoms with van der Waals surface area (Å²) in [6.07, 6.45) is 14.2. The molecule has 0 aromatic heterocycles. The fourth-order valence-corrected chi connectivity index (χ4v) is 8.33. The van der Waals surface area contributed by atoms with Gasteiger partial charge in [-0.1, -0.05) is 145 Å². The first kappa shape index (κ1) is 35.0. The van der Waals surface area contributed by atoms with E-state index in [-0.39, 0.29) is 24.0 Å². The molecule has 0 unspecified atom stereocenters. The van der Waals surface area contributed by atoms with E-state index in [0.717, 1.165) is 30.8 Å². The van der Waals surface area contributed by atoms with E-state index in [2.05, 4.69) is 163 Å². The van der Waals surface area contributed by atoms with Gasteiger partial charge in [-0.3, -0.25) is 0 Å². The van der Waals surface area contributed by atoms with E-state index < -0.39 is 5.41 Å². The first-order valence-corrected chi connectivity index (χ1v) is 18.6. The van der Waals surface area contributed by atoms with Gasteiger partial charge in [0.25, 0.3) is 0 Å². The normalized spacial score (nSPS) is 13.3. The lowest BCUT2D eigenvalue weighted by atomic mass is 9.66. The molecule has 6 aromatic rings. The lowest BCUT2D eigenvalue weighted by molar-refractivity contribution is 0.330. The Morgan fingerprint density at radius 2 is 1.12 bits per heavy atom. The number of hydrogen-bond donors (Lipinski definition) is 0. The molecule has 0 spiro atoms. The maximum atomic E-state index is 6.16. The topological polar surface area (TPSA) is 18.5 Å². The van der Waals surface area contributed by atoms with Crippen LogP contribution >= 0.6 is 0 Å². The van der Waals surface area contributed by atoms with Gasteiger partial charge in [0, 0.05) is 11.1 Å². The van der Waals surface area contributed by atoms with Crippen LogP contribution in [0, 0.1) is 30.1 Å². The molecule has 0 aliphatic heterocycles. The van der Waals surface area contributed by atoms with Crippen LogP contribution in [0.2, 0.25) is 0 Å². The van der Waals surface area contributed by atoms with Gasteiger partial charge in [-0.25, -0.2) is 0 Å². The van der Waals surface area contributed by atoms with Crippen LogP contribution in [-0.4, -0.2) is 13.2 Å². The standard InChI is InChI=1S/C50H48O2/c1-9-29-51-45-27-21-34-31-36(23-25-38(34)42(45)33-48(5,6)11-3)50(43-19-15-13-17-40(43)41-18-14-16-20-44(41)50)37-24-26-39-35(32-37)22-28-46(52-30-10-2)47(39)49(7,8)12-4/h1-2,13-28,31-32H,11-12,29-30,33H2,3-8H3. The van der Waals surface area contributed by atoms with E-state index in [9.17, 15) is 0 Å². The molecule has 0 amide bonds. The molecule has 0 heterocycles. The van der Waals surface area contributed by atoms with E-state index in [1.165, 1.54) is 66.1 Å². The summed E-state index contributed by atoms with van der Waals surface area (Å²) in [5.41, 5.74) is 9.45. The molecular formula is C50H48O2. The molecule has 0 fully saturated rings. The summed E-state index contributed by atoms with van der Waals surface area (Å²) < 4.78 is 12.3. The maximum absolute atomic E-state index is 6.16. The lowest BCUT2D eigenvalue weighted by Crippen LogP contribution is -2.28. The molecule has 260 valence electrons. The minimum absolute atomic E-state index is 0.105. The molecule has 0 saturated carbocycles. The molecule has 0 saturated heterocycles. The van der Waals surface area contributed by atoms with E-state index in [4.69, 9.17) is 22.3 Å². The van der Waals surface area contributed by atoms with Crippen LogP contribution in [0.3, 0.4) is 0 Å². The Bertz CT molecular complexity index is 2350. The molecule has 2 heteroatoms. The molecule has 0 atom stereocenters. The Kier molecular flexibility index (Phi) is 9.15. The molecule has 0 bridgehead atoms. The van der Waals surface area contributed by atoms with Crippen LogP contribution in [0.5, 0.6) is 11.5 Å². The third-order valence-electron chi connectivity index (χ3n) is 11.7. The Hall–Kier alpha value is -5.44. The van der Waals surface area contributed by atoms with E-state index >= 15 is 0 Å². The highest BCUT2D eigenvalue weighted by Crippen LogP contribution is 2.57. The SMILES string of the molecule is C#CCOc1ccc2cc(C3(c4ccc5c(C(C)(C)CC)c(OCC#C)ccc5c4)c4ccccc4-c4ccccc43)ccc2c1CC(C)(C)CC. The van der Waals surface area contributed by atoms with Crippen molar-refractivity contribution in [1.82, 2.24) is 0 Å². The predicted octanol–water partition coefficient (Wildman–Crippen LogP) is 12.0. The van der Waals surface area contributed by atoms with Crippen molar-refractivity contribution in [3.8, 4) is 47.3 Å². The number of ether oxygens (including phenoxy) is 2. The molecule has 0 radical (unpaired) electrons. The fraction of sp³-hybridized carbons (Fsp3) is 0.280. The van der Waals surface area contributed by atoms with Gasteiger partial charge in [0.2, 0.25) is 0 Å². The van der Waals surface area contributed by atoms with Crippen molar-refractivity contribution in [3.63, 3.8) is 0 Å². The van der Waals surface area contributed by atoms with Crippen LogP contribution in [0.15, 0.2) is 109 Å². The molecule has 7 rings (SSSR count). The average Bonchev–Trinajstić information content (AvgIpc) is 3.47. The highest BCUT2D eigenvalue weighted by Gasteiger charge is 2.46. The summed E-state index contributed by atoms with van der Waals surface area (Å²) in [5.74, 6) is 7.04. The van der Waals surface area contributed by atoms with Crippen LogP contribution in [-0.2, 0) is 17.3 Å². The van der Waals surface area contributed by atoms with Crippen LogP contribution in [0.25, 0.3) is 32.7 Å². The zero-order chi connectivity index (χ0) is 36.7. The van der Waals surface area contributed by atoms with Crippen molar-refractivity contribution in [1.29, 1.82) is 0 Å². The van der Waals surface area contributed by atoms with Crippen molar-refractivity contribution in [3.05, 3.63) is 143 Å². The summed E-state index contributed by atoms with van der Waals surface area (Å²) in [6.45, 7) is 14.2. The molecule has 6 aromatic carbocycles. The Morgan fingerprint density at radius 3 is 1.67 bits per heavy atom. The first-order chi connectivity index (χ1) is 25.1. The Morgan fingerprint density at radius 1 is 0.596 bits per heavy atom. The van der Waals surface area contributed by atoms with Crippen molar-refractivity contribution < 1.29 is 9.47 Å². The predicted molar refractivity (Wildman–Crippen MR) is 219 cm³/mol. The molecule has 1 aliphatic rings. The summed E-state index contributed by atoms with van der Waals surface area (Å²) in [4.78, 5) is 0. The number of terminal acetylenes is 2. The largest absolute Gasteiger partial charge is 0.481 e. The van der Waals surface area contributed by atoms with E-state index in [0.29, 0.717) is 0 Å². The van der Waals surface area contributed by atoms with Crippen molar-refractivity contribution in [2.75, 3.05) is 13.2 Å². The number of rotatable bonds is 11. The summed E-state index contributed by atoms with van der Waals surface area (Å²) in [5, 5.41) is 4.78. The molecule has 2 nitrogen and oxygen atoms in total. The van der Waals surface area contributed by atoms with E-state index in [1.54, 1.807) is 0 Å². The highest BCUT2D eigenvalue weighted by atomic mass is 16.5. The maximum Gasteiger partial charge on any atom is 0.148 e. The summed E-state index contributed by atoms with van der Waals surface area (Å²) >= 11 is 0. The second-order valence-electron chi connectivity index (χ2n) is 15.6. The summed E-state index contributed by atoms with van der Waals surface area (Å²) in [7, 11) is 0. The van der Waals surface area contributed by atoms with Crippen molar-refractivity contribution in [2.45, 2.75) is 71.6 Å². The van der Waals surface area contributed by atoms with Gasteiger partial charge in [-0.15, -0.1) is 12.8 Å².